The maximum atomic E-state index is 12.6. The molecular weight excluding hydrogens is 452 g/mol. The normalized spacial score (nSPS) is 15.5. The van der Waals surface area contributed by atoms with E-state index in [-0.39, 0.29) is 4.90 Å². The van der Waals surface area contributed by atoms with Crippen molar-refractivity contribution in [3.05, 3.63) is 42.5 Å². The third-order valence-electron chi connectivity index (χ3n) is 5.02. The van der Waals surface area contributed by atoms with Crippen LogP contribution in [0.1, 0.15) is 6.92 Å². The number of hydrogen-bond donors (Lipinski definition) is 2. The van der Waals surface area contributed by atoms with Crippen LogP contribution in [-0.2, 0) is 19.6 Å². The van der Waals surface area contributed by atoms with Crippen molar-refractivity contribution in [1.29, 1.82) is 0 Å². The molecule has 1 amide bonds. The highest BCUT2D eigenvalue weighted by Crippen LogP contribution is 2.31. The van der Waals surface area contributed by atoms with Crippen molar-refractivity contribution in [3.63, 3.8) is 0 Å². The van der Waals surface area contributed by atoms with Gasteiger partial charge >= 0.3 is 0 Å². The molecule has 9 nitrogen and oxygen atoms in total. The van der Waals surface area contributed by atoms with Crippen LogP contribution in [0, 0.1) is 0 Å². The van der Waals surface area contributed by atoms with Gasteiger partial charge in [0, 0.05) is 18.8 Å². The summed E-state index contributed by atoms with van der Waals surface area (Å²) in [5.41, 5.74) is 1.43. The summed E-state index contributed by atoms with van der Waals surface area (Å²) in [6, 6.07) is 10.4. The molecule has 2 N–H and O–H groups in total. The Labute approximate surface area is 190 Å². The molecule has 1 aliphatic rings. The Kier molecular flexibility index (Phi) is 6.60. The minimum Gasteiger partial charge on any atom is -0.497 e. The molecule has 0 aliphatic carbocycles. The number of aromatic nitrogens is 1. The van der Waals surface area contributed by atoms with Crippen LogP contribution in [0.4, 0.5) is 10.8 Å². The lowest BCUT2D eigenvalue weighted by atomic mass is 10.2. The number of methoxy groups -OCH3 is 1. The highest BCUT2D eigenvalue weighted by Gasteiger charge is 2.22. The average Bonchev–Trinajstić information content (AvgIpc) is 3.23. The number of carbonyl (C=O) groups excluding carboxylic acids is 1. The van der Waals surface area contributed by atoms with Crippen molar-refractivity contribution in [2.24, 2.45) is 0 Å². The summed E-state index contributed by atoms with van der Waals surface area (Å²) in [5, 5.41) is 3.70. The van der Waals surface area contributed by atoms with Crippen molar-refractivity contribution in [1.82, 2.24) is 9.71 Å². The molecule has 1 aromatic heterocycles. The maximum absolute atomic E-state index is 12.6. The molecule has 32 heavy (non-hydrogen) atoms. The van der Waals surface area contributed by atoms with Gasteiger partial charge in [-0.05, 0) is 49.4 Å². The van der Waals surface area contributed by atoms with Crippen LogP contribution < -0.4 is 19.7 Å². The van der Waals surface area contributed by atoms with Crippen LogP contribution in [-0.4, -0.2) is 58.8 Å². The van der Waals surface area contributed by atoms with Gasteiger partial charge in [-0.15, -0.1) is 0 Å². The van der Waals surface area contributed by atoms with E-state index >= 15 is 0 Å². The number of sulfonamides is 1. The number of morpholine rings is 1. The minimum atomic E-state index is -3.86. The van der Waals surface area contributed by atoms with Crippen LogP contribution in [0.2, 0.25) is 0 Å². The van der Waals surface area contributed by atoms with Gasteiger partial charge in [-0.2, -0.15) is 4.72 Å². The summed E-state index contributed by atoms with van der Waals surface area (Å²) >= 11 is 1.55. The molecule has 0 unspecified atom stereocenters. The maximum Gasteiger partial charge on any atom is 0.242 e. The Morgan fingerprint density at radius 2 is 1.91 bits per heavy atom. The van der Waals surface area contributed by atoms with E-state index in [0.29, 0.717) is 24.7 Å². The number of ether oxygens (including phenoxy) is 2. The molecule has 0 saturated carbocycles. The number of amides is 1. The lowest BCUT2D eigenvalue weighted by Gasteiger charge is -2.25. The monoisotopic (exact) mass is 476 g/mol. The number of rotatable bonds is 7. The second kappa shape index (κ2) is 9.41. The van der Waals surface area contributed by atoms with Gasteiger partial charge in [0.2, 0.25) is 15.9 Å². The smallest absolute Gasteiger partial charge is 0.242 e. The van der Waals surface area contributed by atoms with Gasteiger partial charge in [0.1, 0.15) is 5.75 Å². The second-order valence-electron chi connectivity index (χ2n) is 7.29. The fourth-order valence-corrected chi connectivity index (χ4v) is 5.50. The van der Waals surface area contributed by atoms with E-state index in [2.05, 4.69) is 19.9 Å². The molecule has 1 saturated heterocycles. The standard InChI is InChI=1S/C21H24N4O5S2/c1-14(24-32(27,28)17-6-4-16(29-2)5-7-17)20(26)22-15-3-8-18-19(13-15)31-21(23-18)25-9-11-30-12-10-25/h3-8,13-14,24H,9-12H2,1-2H3,(H,22,26)/t14-/m0/s1. The fourth-order valence-electron chi connectivity index (χ4n) is 3.24. The van der Waals surface area contributed by atoms with Gasteiger partial charge in [0.05, 0.1) is 41.5 Å². The van der Waals surface area contributed by atoms with Gasteiger partial charge < -0.3 is 19.7 Å². The lowest BCUT2D eigenvalue weighted by Crippen LogP contribution is -2.41. The Morgan fingerprint density at radius 1 is 1.19 bits per heavy atom. The van der Waals surface area contributed by atoms with Crippen LogP contribution >= 0.6 is 11.3 Å². The summed E-state index contributed by atoms with van der Waals surface area (Å²) in [7, 11) is -2.35. The first-order valence-electron chi connectivity index (χ1n) is 10.1. The van der Waals surface area contributed by atoms with Crippen molar-refractivity contribution in [3.8, 4) is 5.75 Å². The number of anilines is 2. The largest absolute Gasteiger partial charge is 0.497 e. The summed E-state index contributed by atoms with van der Waals surface area (Å²) < 4.78 is 38.9. The molecule has 11 heteroatoms. The number of nitrogens with one attached hydrogen (secondary N) is 2. The number of nitrogens with zero attached hydrogens (tertiary/aromatic N) is 2. The molecule has 2 heterocycles. The highest BCUT2D eigenvalue weighted by atomic mass is 32.2. The molecule has 0 radical (unpaired) electrons. The van der Waals surface area contributed by atoms with E-state index in [0.717, 1.165) is 28.4 Å². The van der Waals surface area contributed by atoms with Crippen LogP contribution in [0.15, 0.2) is 47.4 Å². The summed E-state index contributed by atoms with van der Waals surface area (Å²) in [5.74, 6) is 0.0873. The van der Waals surface area contributed by atoms with E-state index in [1.165, 1.54) is 26.2 Å². The number of benzene rings is 2. The van der Waals surface area contributed by atoms with E-state index in [1.54, 1.807) is 29.5 Å². The van der Waals surface area contributed by atoms with Gasteiger partial charge in [-0.25, -0.2) is 13.4 Å². The number of carbonyl (C=O) groups is 1. The van der Waals surface area contributed by atoms with Gasteiger partial charge in [0.15, 0.2) is 5.13 Å². The van der Waals surface area contributed by atoms with Crippen molar-refractivity contribution >= 4 is 48.3 Å². The summed E-state index contributed by atoms with van der Waals surface area (Å²) in [4.78, 5) is 19.5. The quantitative estimate of drug-likeness (QED) is 0.539. The molecule has 1 fully saturated rings. The summed E-state index contributed by atoms with van der Waals surface area (Å²) in [6.45, 7) is 4.46. The molecular formula is C21H24N4O5S2. The van der Waals surface area contributed by atoms with Gasteiger partial charge in [-0.3, -0.25) is 4.79 Å². The Bertz CT molecular complexity index is 1200. The Morgan fingerprint density at radius 3 is 2.59 bits per heavy atom. The first-order chi connectivity index (χ1) is 15.4. The predicted molar refractivity (Wildman–Crippen MR) is 124 cm³/mol. The fraction of sp³-hybridized carbons (Fsp3) is 0.333. The summed E-state index contributed by atoms with van der Waals surface area (Å²) in [6.07, 6.45) is 0. The molecule has 3 aromatic rings. The molecule has 170 valence electrons. The van der Waals surface area contributed by atoms with Gasteiger partial charge in [0.25, 0.3) is 0 Å². The van der Waals surface area contributed by atoms with Crippen molar-refractivity contribution in [2.75, 3.05) is 43.6 Å². The zero-order chi connectivity index (χ0) is 22.7. The van der Waals surface area contributed by atoms with E-state index < -0.39 is 22.0 Å². The van der Waals surface area contributed by atoms with E-state index in [9.17, 15) is 13.2 Å². The first-order valence-corrected chi connectivity index (χ1v) is 12.4. The third-order valence-corrected chi connectivity index (χ3v) is 7.66. The Hall–Kier alpha value is -2.73. The number of fused-ring (bicyclic) bond motifs is 1. The topological polar surface area (TPSA) is 110 Å². The molecule has 4 rings (SSSR count). The van der Waals surface area contributed by atoms with E-state index in [4.69, 9.17) is 9.47 Å². The van der Waals surface area contributed by atoms with Crippen LogP contribution in [0.5, 0.6) is 5.75 Å². The molecule has 0 bridgehead atoms. The highest BCUT2D eigenvalue weighted by molar-refractivity contribution is 7.89. The molecule has 2 aromatic carbocycles. The zero-order valence-corrected chi connectivity index (χ0v) is 19.3. The second-order valence-corrected chi connectivity index (χ2v) is 10.0. The van der Waals surface area contributed by atoms with Crippen LogP contribution in [0.3, 0.4) is 0 Å². The molecule has 1 aliphatic heterocycles. The van der Waals surface area contributed by atoms with Crippen LogP contribution in [0.25, 0.3) is 10.2 Å². The molecule has 0 spiro atoms. The van der Waals surface area contributed by atoms with Gasteiger partial charge in [-0.1, -0.05) is 11.3 Å². The number of hydrogen-bond acceptors (Lipinski definition) is 8. The number of thiazole rings is 1. The van der Waals surface area contributed by atoms with Crippen molar-refractivity contribution < 1.29 is 22.7 Å². The zero-order valence-electron chi connectivity index (χ0n) is 17.7. The molecule has 1 atom stereocenters. The lowest BCUT2D eigenvalue weighted by molar-refractivity contribution is -0.117. The van der Waals surface area contributed by atoms with E-state index in [1.807, 2.05) is 12.1 Å². The minimum absolute atomic E-state index is 0.0553. The van der Waals surface area contributed by atoms with Crippen molar-refractivity contribution in [2.45, 2.75) is 17.9 Å². The first kappa shape index (κ1) is 22.5. The average molecular weight is 477 g/mol. The Balaban J connectivity index is 1.42. The predicted octanol–water partition coefficient (Wildman–Crippen LogP) is 2.45. The third kappa shape index (κ3) is 5.01. The SMILES string of the molecule is COc1ccc(S(=O)(=O)N[C@@H](C)C(=O)Nc2ccc3nc(N4CCOCC4)sc3c2)cc1.